The van der Waals surface area contributed by atoms with Crippen LogP contribution in [-0.2, 0) is 13.0 Å². The molecule has 2 atom stereocenters. The van der Waals surface area contributed by atoms with Crippen molar-refractivity contribution in [3.63, 3.8) is 0 Å². The Morgan fingerprint density at radius 2 is 1.65 bits per heavy atom. The van der Waals surface area contributed by atoms with Gasteiger partial charge in [0.25, 0.3) is 0 Å². The highest BCUT2D eigenvalue weighted by Crippen LogP contribution is 2.21. The van der Waals surface area contributed by atoms with Crippen molar-refractivity contribution in [1.29, 1.82) is 0 Å². The van der Waals surface area contributed by atoms with Crippen molar-refractivity contribution in [2.75, 3.05) is 0 Å². The van der Waals surface area contributed by atoms with E-state index in [2.05, 4.69) is 57.7 Å². The minimum atomic E-state index is 0.274. The van der Waals surface area contributed by atoms with E-state index in [1.165, 1.54) is 16.7 Å². The summed E-state index contributed by atoms with van der Waals surface area (Å²) in [5, 5.41) is 3.51. The molecule has 1 aromatic heterocycles. The summed E-state index contributed by atoms with van der Waals surface area (Å²) in [5.41, 5.74) is 3.97. The van der Waals surface area contributed by atoms with Crippen LogP contribution in [0.3, 0.4) is 0 Å². The van der Waals surface area contributed by atoms with E-state index < -0.39 is 0 Å². The van der Waals surface area contributed by atoms with Crippen LogP contribution in [0, 0.1) is 5.92 Å². The molecule has 2 unspecified atom stereocenters. The quantitative estimate of drug-likeness (QED) is 0.813. The number of hydrogen-bond donors (Lipinski definition) is 1. The molecular weight excluding hydrogens is 263 g/mol. The molecule has 0 saturated heterocycles. The van der Waals surface area contributed by atoms with Gasteiger partial charge < -0.3 is 5.32 Å². The van der Waals surface area contributed by atoms with Crippen LogP contribution < -0.4 is 5.32 Å². The first-order valence-electron chi connectivity index (χ1n) is 7.12. The lowest BCUT2D eigenvalue weighted by Gasteiger charge is -2.15. The zero-order chi connectivity index (χ0) is 14.4. The summed E-state index contributed by atoms with van der Waals surface area (Å²) < 4.78 is 0. The molecule has 2 rings (SSSR count). The van der Waals surface area contributed by atoms with Crippen LogP contribution in [-0.4, -0.2) is 4.98 Å². The first kappa shape index (κ1) is 15.2. The minimum absolute atomic E-state index is 0.274. The Kier molecular flexibility index (Phi) is 5.70. The molecule has 0 radical (unpaired) electrons. The average Bonchev–Trinajstić information content (AvgIpc) is 2.46. The maximum Gasteiger partial charge on any atom is 0.0466 e. The van der Waals surface area contributed by atoms with Gasteiger partial charge in [0.15, 0.2) is 0 Å². The van der Waals surface area contributed by atoms with Crippen LogP contribution in [0.2, 0.25) is 0 Å². The molecule has 1 N–H and O–H groups in total. The van der Waals surface area contributed by atoms with Crippen molar-refractivity contribution in [1.82, 2.24) is 10.3 Å². The van der Waals surface area contributed by atoms with E-state index >= 15 is 0 Å². The Bertz CT molecular complexity index is 508. The van der Waals surface area contributed by atoms with Gasteiger partial charge in [-0.3, -0.25) is 4.98 Å². The van der Waals surface area contributed by atoms with Gasteiger partial charge in [0.05, 0.1) is 0 Å². The summed E-state index contributed by atoms with van der Waals surface area (Å²) in [6.45, 7) is 5.36. The lowest BCUT2D eigenvalue weighted by atomic mass is 10.0. The van der Waals surface area contributed by atoms with Crippen molar-refractivity contribution in [2.45, 2.75) is 32.6 Å². The first-order valence-corrected chi connectivity index (χ1v) is 7.78. The smallest absolute Gasteiger partial charge is 0.0466 e. The van der Waals surface area contributed by atoms with E-state index in [1.54, 1.807) is 0 Å². The van der Waals surface area contributed by atoms with E-state index in [-0.39, 0.29) is 5.78 Å². The summed E-state index contributed by atoms with van der Waals surface area (Å²) in [6, 6.07) is 13.0. The third-order valence-corrected chi connectivity index (χ3v) is 3.88. The molecule has 0 amide bonds. The number of pyridine rings is 1. The number of benzene rings is 1. The fraction of sp³-hybridized carbons (Fsp3) is 0.353. The lowest BCUT2D eigenvalue weighted by Crippen LogP contribution is -2.15. The van der Waals surface area contributed by atoms with Gasteiger partial charge in [-0.15, -0.1) is 9.24 Å². The largest absolute Gasteiger partial charge is 0.303 e. The van der Waals surface area contributed by atoms with E-state index in [0.717, 1.165) is 13.0 Å². The topological polar surface area (TPSA) is 24.9 Å². The summed E-state index contributed by atoms with van der Waals surface area (Å²) >= 11 is 0. The van der Waals surface area contributed by atoms with Crippen LogP contribution in [0.1, 0.15) is 36.3 Å². The van der Waals surface area contributed by atoms with Crippen LogP contribution in [0.5, 0.6) is 0 Å². The lowest BCUT2D eigenvalue weighted by molar-refractivity contribution is 0.645. The van der Waals surface area contributed by atoms with E-state index in [1.807, 2.05) is 24.5 Å². The maximum atomic E-state index is 4.03. The van der Waals surface area contributed by atoms with Crippen molar-refractivity contribution >= 4 is 9.24 Å². The van der Waals surface area contributed by atoms with Crippen LogP contribution in [0.15, 0.2) is 48.8 Å². The fourth-order valence-corrected chi connectivity index (χ4v) is 2.52. The molecule has 1 aromatic carbocycles. The molecule has 1 heterocycles. The molecule has 0 saturated carbocycles. The summed E-state index contributed by atoms with van der Waals surface area (Å²) in [7, 11) is 2.87. The molecule has 0 aliphatic rings. The number of hydrogen-bond acceptors (Lipinski definition) is 2. The molecule has 0 spiro atoms. The number of rotatable bonds is 6. The summed E-state index contributed by atoms with van der Waals surface area (Å²) in [4.78, 5) is 4.03. The monoisotopic (exact) mass is 286 g/mol. The van der Waals surface area contributed by atoms with Crippen LogP contribution >= 0.6 is 9.24 Å². The highest BCUT2D eigenvalue weighted by atomic mass is 31.0. The molecule has 0 aliphatic carbocycles. The average molecular weight is 286 g/mol. The van der Waals surface area contributed by atoms with Crippen molar-refractivity contribution in [3.05, 3.63) is 65.5 Å². The van der Waals surface area contributed by atoms with Gasteiger partial charge in [-0.25, -0.2) is 0 Å². The Balaban J connectivity index is 1.90. The highest BCUT2D eigenvalue weighted by Gasteiger charge is 2.05. The predicted octanol–water partition coefficient (Wildman–Crippen LogP) is 3.94. The van der Waals surface area contributed by atoms with Crippen molar-refractivity contribution < 1.29 is 0 Å². The molecular formula is C17H23N2P. The highest BCUT2D eigenvalue weighted by molar-refractivity contribution is 7.17. The SMILES string of the molecule is CC(C)Cc1ccc(C(P)NCc2ccncc2)cc1. The van der Waals surface area contributed by atoms with Crippen molar-refractivity contribution in [3.8, 4) is 0 Å². The first-order chi connectivity index (χ1) is 9.65. The van der Waals surface area contributed by atoms with E-state index in [4.69, 9.17) is 0 Å². The zero-order valence-corrected chi connectivity index (χ0v) is 13.4. The molecule has 0 aliphatic heterocycles. The van der Waals surface area contributed by atoms with Crippen LogP contribution in [0.25, 0.3) is 0 Å². The summed E-state index contributed by atoms with van der Waals surface area (Å²) in [6.07, 6.45) is 4.80. The standard InChI is InChI=1S/C17H23N2P/c1-13(2)11-14-3-5-16(6-4-14)17(20)19-12-15-7-9-18-10-8-15/h3-10,13,17,19H,11-12,20H2,1-2H3. The number of nitrogens with one attached hydrogen (secondary N) is 1. The van der Waals surface area contributed by atoms with Crippen LogP contribution in [0.4, 0.5) is 0 Å². The van der Waals surface area contributed by atoms with E-state index in [9.17, 15) is 0 Å². The second-order valence-electron chi connectivity index (χ2n) is 5.55. The normalized spacial score (nSPS) is 12.6. The number of aromatic nitrogens is 1. The van der Waals surface area contributed by atoms with Gasteiger partial charge >= 0.3 is 0 Å². The molecule has 106 valence electrons. The van der Waals surface area contributed by atoms with Gasteiger partial charge in [0.1, 0.15) is 0 Å². The minimum Gasteiger partial charge on any atom is -0.303 e. The van der Waals surface area contributed by atoms with Gasteiger partial charge in [-0.1, -0.05) is 38.1 Å². The van der Waals surface area contributed by atoms with E-state index in [0.29, 0.717) is 5.92 Å². The van der Waals surface area contributed by atoms with Gasteiger partial charge in [0.2, 0.25) is 0 Å². The summed E-state index contributed by atoms with van der Waals surface area (Å²) in [5.74, 6) is 0.980. The maximum absolute atomic E-state index is 4.03. The van der Waals surface area contributed by atoms with Gasteiger partial charge in [0, 0.05) is 24.7 Å². The molecule has 20 heavy (non-hydrogen) atoms. The Morgan fingerprint density at radius 1 is 1.00 bits per heavy atom. The third-order valence-electron chi connectivity index (χ3n) is 3.26. The van der Waals surface area contributed by atoms with Crippen molar-refractivity contribution in [2.24, 2.45) is 5.92 Å². The molecule has 0 bridgehead atoms. The number of nitrogens with zero attached hydrogens (tertiary/aromatic N) is 1. The van der Waals surface area contributed by atoms with Gasteiger partial charge in [-0.05, 0) is 41.2 Å². The molecule has 2 nitrogen and oxygen atoms in total. The third kappa shape index (κ3) is 4.70. The Hall–Kier alpha value is -1.24. The molecule has 3 heteroatoms. The van der Waals surface area contributed by atoms with Gasteiger partial charge in [-0.2, -0.15) is 0 Å². The Morgan fingerprint density at radius 3 is 2.25 bits per heavy atom. The molecule has 2 aromatic rings. The second kappa shape index (κ2) is 7.52. The zero-order valence-electron chi connectivity index (χ0n) is 12.2. The Labute approximate surface area is 124 Å². The second-order valence-corrected chi connectivity index (χ2v) is 6.22. The fourth-order valence-electron chi connectivity index (χ4n) is 2.18. The molecule has 0 fully saturated rings. The predicted molar refractivity (Wildman–Crippen MR) is 88.5 cm³/mol.